The third-order valence-electron chi connectivity index (χ3n) is 3.19. The Labute approximate surface area is 142 Å². The van der Waals surface area contributed by atoms with Crippen molar-refractivity contribution >= 4 is 28.1 Å². The second-order valence-corrected chi connectivity index (χ2v) is 7.03. The smallest absolute Gasteiger partial charge is 0.265 e. The highest BCUT2D eigenvalue weighted by Crippen LogP contribution is 2.31. The molecule has 0 aliphatic heterocycles. The number of rotatable bonds is 4. The van der Waals surface area contributed by atoms with Gasteiger partial charge in [0.25, 0.3) is 5.56 Å². The van der Waals surface area contributed by atoms with Crippen LogP contribution in [-0.4, -0.2) is 19.8 Å². The molecule has 0 aliphatic rings. The van der Waals surface area contributed by atoms with Crippen LogP contribution in [0.1, 0.15) is 23.7 Å². The molecule has 0 N–H and O–H groups in total. The van der Waals surface area contributed by atoms with Gasteiger partial charge in [-0.05, 0) is 18.1 Å². The number of fused-ring (bicyclic) bond motifs is 1. The summed E-state index contributed by atoms with van der Waals surface area (Å²) in [7, 11) is 0. The molecule has 0 atom stereocenters. The van der Waals surface area contributed by atoms with Crippen molar-refractivity contribution in [3.05, 3.63) is 51.4 Å². The molecule has 0 amide bonds. The van der Waals surface area contributed by atoms with E-state index in [1.54, 1.807) is 13.0 Å². The Morgan fingerprint density at radius 1 is 1.29 bits per heavy atom. The van der Waals surface area contributed by atoms with E-state index in [2.05, 4.69) is 15.3 Å². The number of benzene rings is 1. The van der Waals surface area contributed by atoms with Crippen LogP contribution in [0.2, 0.25) is 0 Å². The summed E-state index contributed by atoms with van der Waals surface area (Å²) in [6, 6.07) is 5.14. The van der Waals surface area contributed by atoms with Crippen LogP contribution in [-0.2, 0) is 18.3 Å². The quantitative estimate of drug-likeness (QED) is 0.657. The van der Waals surface area contributed by atoms with Gasteiger partial charge in [0.05, 0.1) is 5.56 Å². The number of aromatic nitrogens is 4. The summed E-state index contributed by atoms with van der Waals surface area (Å²) in [5, 5.41) is 12.0. The van der Waals surface area contributed by atoms with Crippen LogP contribution in [0.5, 0.6) is 0 Å². The molecule has 0 spiro atoms. The maximum atomic E-state index is 12.7. The van der Waals surface area contributed by atoms with E-state index in [4.69, 9.17) is 0 Å². The third kappa shape index (κ3) is 3.44. The van der Waals surface area contributed by atoms with Gasteiger partial charge in [-0.1, -0.05) is 48.2 Å². The highest BCUT2D eigenvalue weighted by atomic mass is 32.2. The molecule has 0 unspecified atom stereocenters. The minimum absolute atomic E-state index is 0.312. The summed E-state index contributed by atoms with van der Waals surface area (Å²) in [6.07, 6.45) is -3.91. The number of nitrogens with zero attached hydrogens (tertiary/aromatic N) is 4. The number of hydrogen-bond acceptors (Lipinski definition) is 6. The number of thioether (sulfide) groups is 1. The van der Waals surface area contributed by atoms with Gasteiger partial charge < -0.3 is 0 Å². The highest BCUT2D eigenvalue weighted by molar-refractivity contribution is 8.00. The molecule has 2 heterocycles. The summed E-state index contributed by atoms with van der Waals surface area (Å²) < 4.78 is 39.9. The fraction of sp³-hybridized carbons (Fsp3) is 0.286. The maximum absolute atomic E-state index is 12.7. The van der Waals surface area contributed by atoms with Gasteiger partial charge in [-0.2, -0.15) is 17.7 Å². The standard InChI is InChI=1S/C14H11F3N4OS2/c1-2-10-11(22)21-12(19-18-10)24-13(20-21)23-7-8-4-3-5-9(6-8)14(15,16)17/h3-6H,2,7H2,1H3. The fourth-order valence-corrected chi connectivity index (χ4v) is 3.81. The van der Waals surface area contributed by atoms with E-state index in [0.717, 1.165) is 12.1 Å². The number of halogens is 3. The Morgan fingerprint density at radius 2 is 2.08 bits per heavy atom. The second-order valence-electron chi connectivity index (χ2n) is 4.85. The first kappa shape index (κ1) is 16.9. The molecule has 0 fully saturated rings. The normalized spacial score (nSPS) is 12.0. The minimum atomic E-state index is -4.37. The number of hydrogen-bond donors (Lipinski definition) is 0. The number of aryl methyl sites for hydroxylation is 1. The lowest BCUT2D eigenvalue weighted by Gasteiger charge is -2.07. The molecule has 126 valence electrons. The van der Waals surface area contributed by atoms with Gasteiger partial charge in [-0.3, -0.25) is 4.79 Å². The summed E-state index contributed by atoms with van der Waals surface area (Å²) in [6.45, 7) is 1.80. The summed E-state index contributed by atoms with van der Waals surface area (Å²) in [4.78, 5) is 12.4. The first-order chi connectivity index (χ1) is 11.4. The van der Waals surface area contributed by atoms with Crippen molar-refractivity contribution in [2.24, 2.45) is 0 Å². The molecule has 5 nitrogen and oxygen atoms in total. The lowest BCUT2D eigenvalue weighted by atomic mass is 10.1. The van der Waals surface area contributed by atoms with E-state index >= 15 is 0 Å². The summed E-state index contributed by atoms with van der Waals surface area (Å²) in [5.74, 6) is 0.312. The predicted molar refractivity (Wildman–Crippen MR) is 85.3 cm³/mol. The van der Waals surface area contributed by atoms with Crippen LogP contribution < -0.4 is 5.56 Å². The maximum Gasteiger partial charge on any atom is 0.416 e. The monoisotopic (exact) mass is 372 g/mol. The summed E-state index contributed by atoms with van der Waals surface area (Å²) in [5.41, 5.74) is -0.141. The van der Waals surface area contributed by atoms with Gasteiger partial charge >= 0.3 is 6.18 Å². The van der Waals surface area contributed by atoms with Crippen molar-refractivity contribution in [3.63, 3.8) is 0 Å². The molecular weight excluding hydrogens is 361 g/mol. The Kier molecular flexibility index (Phi) is 4.59. The van der Waals surface area contributed by atoms with Gasteiger partial charge in [0.2, 0.25) is 4.96 Å². The first-order valence-corrected chi connectivity index (χ1v) is 8.73. The van der Waals surface area contributed by atoms with Crippen molar-refractivity contribution in [1.82, 2.24) is 19.8 Å². The molecule has 0 aliphatic carbocycles. The SMILES string of the molecule is CCc1nnc2sc(SCc3cccc(C(F)(F)F)c3)nn2c1=O. The first-order valence-electron chi connectivity index (χ1n) is 6.93. The van der Waals surface area contributed by atoms with E-state index in [1.807, 2.05) is 0 Å². The second kappa shape index (κ2) is 6.52. The lowest BCUT2D eigenvalue weighted by molar-refractivity contribution is -0.137. The molecule has 0 radical (unpaired) electrons. The van der Waals surface area contributed by atoms with Crippen LogP contribution >= 0.6 is 23.1 Å². The van der Waals surface area contributed by atoms with Crippen molar-refractivity contribution in [3.8, 4) is 0 Å². The summed E-state index contributed by atoms with van der Waals surface area (Å²) >= 11 is 2.43. The van der Waals surface area contributed by atoms with Crippen molar-refractivity contribution in [2.75, 3.05) is 0 Å². The van der Waals surface area contributed by atoms with Gasteiger partial charge in [0, 0.05) is 5.75 Å². The van der Waals surface area contributed by atoms with Crippen LogP contribution in [0.4, 0.5) is 13.2 Å². The molecule has 0 bridgehead atoms. The van der Waals surface area contributed by atoms with Crippen molar-refractivity contribution in [2.45, 2.75) is 29.6 Å². The lowest BCUT2D eigenvalue weighted by Crippen LogP contribution is -2.21. The highest BCUT2D eigenvalue weighted by Gasteiger charge is 2.30. The minimum Gasteiger partial charge on any atom is -0.265 e. The van der Waals surface area contributed by atoms with E-state index in [1.165, 1.54) is 33.7 Å². The largest absolute Gasteiger partial charge is 0.416 e. The predicted octanol–water partition coefficient (Wildman–Crippen LogP) is 3.42. The van der Waals surface area contributed by atoms with Gasteiger partial charge in [-0.25, -0.2) is 0 Å². The van der Waals surface area contributed by atoms with E-state index in [0.29, 0.717) is 32.7 Å². The average molecular weight is 372 g/mol. The zero-order valence-electron chi connectivity index (χ0n) is 12.4. The Hall–Kier alpha value is -1.94. The van der Waals surface area contributed by atoms with Crippen LogP contribution in [0, 0.1) is 0 Å². The topological polar surface area (TPSA) is 60.1 Å². The molecule has 24 heavy (non-hydrogen) atoms. The molecule has 0 saturated heterocycles. The third-order valence-corrected chi connectivity index (χ3v) is 5.29. The van der Waals surface area contributed by atoms with E-state index in [9.17, 15) is 18.0 Å². The van der Waals surface area contributed by atoms with Gasteiger partial charge in [-0.15, -0.1) is 15.3 Å². The van der Waals surface area contributed by atoms with Crippen LogP contribution in [0.15, 0.2) is 33.4 Å². The van der Waals surface area contributed by atoms with Crippen molar-refractivity contribution < 1.29 is 13.2 Å². The molecule has 1 aromatic carbocycles. The van der Waals surface area contributed by atoms with E-state index < -0.39 is 11.7 Å². The Bertz CT molecular complexity index is 936. The molecule has 3 rings (SSSR count). The van der Waals surface area contributed by atoms with Gasteiger partial charge in [0.15, 0.2) is 4.34 Å². The molecule has 10 heteroatoms. The van der Waals surface area contributed by atoms with E-state index in [-0.39, 0.29) is 5.56 Å². The van der Waals surface area contributed by atoms with Crippen LogP contribution in [0.25, 0.3) is 4.96 Å². The zero-order valence-corrected chi connectivity index (χ0v) is 14.0. The van der Waals surface area contributed by atoms with Gasteiger partial charge in [0.1, 0.15) is 5.69 Å². The molecular formula is C14H11F3N4OS2. The molecule has 2 aromatic heterocycles. The molecule has 3 aromatic rings. The average Bonchev–Trinajstić information content (AvgIpc) is 2.97. The van der Waals surface area contributed by atoms with Crippen molar-refractivity contribution in [1.29, 1.82) is 0 Å². The Balaban J connectivity index is 1.81. The zero-order chi connectivity index (χ0) is 17.3. The number of alkyl halides is 3. The van der Waals surface area contributed by atoms with Crippen LogP contribution in [0.3, 0.4) is 0 Å². The molecule has 0 saturated carbocycles. The fourth-order valence-electron chi connectivity index (χ4n) is 1.99. The Morgan fingerprint density at radius 3 is 2.79 bits per heavy atom.